The van der Waals surface area contributed by atoms with Gasteiger partial charge in [0.2, 0.25) is 0 Å². The summed E-state index contributed by atoms with van der Waals surface area (Å²) in [6.07, 6.45) is 0.983. The first kappa shape index (κ1) is 15.1. The molecule has 1 aromatic heterocycles. The van der Waals surface area contributed by atoms with Crippen molar-refractivity contribution >= 4 is 39.3 Å². The van der Waals surface area contributed by atoms with Gasteiger partial charge in [0.05, 0.1) is 22.9 Å². The highest BCUT2D eigenvalue weighted by Gasteiger charge is 2.07. The second-order valence-corrected chi connectivity index (χ2v) is 6.76. The van der Waals surface area contributed by atoms with E-state index in [1.165, 1.54) is 5.56 Å². The van der Waals surface area contributed by atoms with E-state index in [-0.39, 0.29) is 5.56 Å². The number of rotatable bonds is 3. The van der Waals surface area contributed by atoms with Gasteiger partial charge in [-0.3, -0.25) is 4.79 Å². The number of aromatic nitrogens is 1. The summed E-state index contributed by atoms with van der Waals surface area (Å²) in [5.41, 5.74) is 4.14. The number of aromatic amines is 1. The molecule has 4 heteroatoms. The second-order valence-electron chi connectivity index (χ2n) is 5.31. The summed E-state index contributed by atoms with van der Waals surface area (Å²) in [4.78, 5) is 15.4. The molecule has 0 aliphatic heterocycles. The molecular weight excluding hydrogens is 387 g/mol. The van der Waals surface area contributed by atoms with Gasteiger partial charge in [0, 0.05) is 23.8 Å². The lowest BCUT2D eigenvalue weighted by Crippen LogP contribution is -2.08. The van der Waals surface area contributed by atoms with Crippen molar-refractivity contribution in [3.8, 4) is 11.3 Å². The highest BCUT2D eigenvalue weighted by molar-refractivity contribution is 14.1. The summed E-state index contributed by atoms with van der Waals surface area (Å²) in [5, 5.41) is 1.68. The van der Waals surface area contributed by atoms with Crippen molar-refractivity contribution in [2.24, 2.45) is 0 Å². The van der Waals surface area contributed by atoms with Gasteiger partial charge in [-0.25, -0.2) is 0 Å². The topological polar surface area (TPSA) is 36.1 Å². The molecule has 22 heavy (non-hydrogen) atoms. The van der Waals surface area contributed by atoms with Crippen molar-refractivity contribution in [2.45, 2.75) is 13.3 Å². The van der Waals surface area contributed by atoms with Gasteiger partial charge in [-0.2, -0.15) is 0 Å². The molecule has 3 nitrogen and oxygen atoms in total. The van der Waals surface area contributed by atoms with Crippen molar-refractivity contribution in [3.63, 3.8) is 0 Å². The summed E-state index contributed by atoms with van der Waals surface area (Å²) in [6, 6.07) is 16.3. The maximum Gasteiger partial charge on any atom is 0.256 e. The number of nitrogens with one attached hydrogen (secondary N) is 1. The van der Waals surface area contributed by atoms with Crippen LogP contribution >= 0.6 is 22.9 Å². The maximum atomic E-state index is 12.4. The number of anilines is 1. The lowest BCUT2D eigenvalue weighted by atomic mass is 10.0. The van der Waals surface area contributed by atoms with E-state index in [0.717, 1.165) is 34.1 Å². The Bertz CT molecular complexity index is 884. The van der Waals surface area contributed by atoms with Gasteiger partial charge in [-0.1, -0.05) is 31.2 Å². The quantitative estimate of drug-likeness (QED) is 0.514. The fourth-order valence-corrected chi connectivity index (χ4v) is 2.85. The Kier molecular flexibility index (Phi) is 4.20. The van der Waals surface area contributed by atoms with Crippen LogP contribution in [0.1, 0.15) is 12.5 Å². The molecule has 3 rings (SSSR count). The van der Waals surface area contributed by atoms with Crippen LogP contribution in [0.15, 0.2) is 53.3 Å². The van der Waals surface area contributed by atoms with Crippen molar-refractivity contribution in [1.82, 2.24) is 4.98 Å². The third-order valence-electron chi connectivity index (χ3n) is 3.83. The first-order valence-electron chi connectivity index (χ1n) is 7.24. The molecule has 0 radical (unpaired) electrons. The van der Waals surface area contributed by atoms with Gasteiger partial charge in [0.15, 0.2) is 0 Å². The Balaban J connectivity index is 2.17. The SMILES string of the molecule is CCc1cccc(-c2cc3ccc(N(C)I)cc3c(=O)[nH]2)c1. The van der Waals surface area contributed by atoms with Crippen LogP contribution in [0.25, 0.3) is 22.0 Å². The molecule has 0 unspecified atom stereocenters. The van der Waals surface area contributed by atoms with Crippen molar-refractivity contribution in [1.29, 1.82) is 0 Å². The third kappa shape index (κ3) is 2.88. The number of hydrogen-bond donors (Lipinski definition) is 1. The highest BCUT2D eigenvalue weighted by Crippen LogP contribution is 2.25. The van der Waals surface area contributed by atoms with E-state index in [1.807, 2.05) is 46.6 Å². The molecule has 0 aliphatic carbocycles. The molecule has 112 valence electrons. The minimum absolute atomic E-state index is 0.0468. The van der Waals surface area contributed by atoms with Crippen molar-refractivity contribution in [3.05, 3.63) is 64.4 Å². The maximum absolute atomic E-state index is 12.4. The first-order chi connectivity index (χ1) is 10.6. The Morgan fingerprint density at radius 3 is 2.68 bits per heavy atom. The van der Waals surface area contributed by atoms with Gasteiger partial charge in [0.25, 0.3) is 5.56 Å². The molecule has 1 N–H and O–H groups in total. The molecule has 0 amide bonds. The minimum atomic E-state index is -0.0468. The van der Waals surface area contributed by atoms with Crippen LogP contribution in [0.2, 0.25) is 0 Å². The van der Waals surface area contributed by atoms with Gasteiger partial charge in [0.1, 0.15) is 0 Å². The number of halogens is 1. The number of pyridine rings is 1. The number of fused-ring (bicyclic) bond motifs is 1. The van der Waals surface area contributed by atoms with Crippen LogP contribution in [0.3, 0.4) is 0 Å². The van der Waals surface area contributed by atoms with Gasteiger partial charge >= 0.3 is 0 Å². The number of aryl methyl sites for hydroxylation is 1. The van der Waals surface area contributed by atoms with Gasteiger partial charge in [-0.15, -0.1) is 0 Å². The summed E-state index contributed by atoms with van der Waals surface area (Å²) in [5.74, 6) is 0. The third-order valence-corrected chi connectivity index (χ3v) is 4.39. The average Bonchev–Trinajstić information content (AvgIpc) is 2.54. The van der Waals surface area contributed by atoms with E-state index in [4.69, 9.17) is 0 Å². The number of hydrogen-bond acceptors (Lipinski definition) is 2. The van der Waals surface area contributed by atoms with Crippen LogP contribution in [0, 0.1) is 0 Å². The normalized spacial score (nSPS) is 10.9. The van der Waals surface area contributed by atoms with Crippen LogP contribution in [0.5, 0.6) is 0 Å². The Morgan fingerprint density at radius 2 is 1.95 bits per heavy atom. The molecule has 0 aliphatic rings. The van der Waals surface area contributed by atoms with Crippen LogP contribution in [-0.4, -0.2) is 12.0 Å². The summed E-state index contributed by atoms with van der Waals surface area (Å²) in [7, 11) is 1.96. The summed E-state index contributed by atoms with van der Waals surface area (Å²) >= 11 is 2.20. The number of benzene rings is 2. The van der Waals surface area contributed by atoms with E-state index >= 15 is 0 Å². The van der Waals surface area contributed by atoms with Crippen LogP contribution < -0.4 is 8.67 Å². The highest BCUT2D eigenvalue weighted by atomic mass is 127. The Morgan fingerprint density at radius 1 is 1.14 bits per heavy atom. The van der Waals surface area contributed by atoms with E-state index < -0.39 is 0 Å². The predicted molar refractivity (Wildman–Crippen MR) is 102 cm³/mol. The largest absolute Gasteiger partial charge is 0.321 e. The van der Waals surface area contributed by atoms with Crippen LogP contribution in [-0.2, 0) is 6.42 Å². The molecule has 0 fully saturated rings. The zero-order chi connectivity index (χ0) is 15.7. The molecule has 2 aromatic carbocycles. The van der Waals surface area contributed by atoms with Gasteiger partial charge < -0.3 is 8.10 Å². The standard InChI is InChI=1S/C18H17IN2O/c1-3-12-5-4-6-14(9-12)17-10-13-7-8-15(21(2)19)11-16(13)18(22)20-17/h4-11H,3H2,1-2H3,(H,20,22). The zero-order valence-electron chi connectivity index (χ0n) is 12.6. The van der Waals surface area contributed by atoms with E-state index in [0.29, 0.717) is 0 Å². The lowest BCUT2D eigenvalue weighted by Gasteiger charge is -2.11. The predicted octanol–water partition coefficient (Wildman–Crippen LogP) is 4.54. The minimum Gasteiger partial charge on any atom is -0.321 e. The fraction of sp³-hybridized carbons (Fsp3) is 0.167. The summed E-state index contributed by atoms with van der Waals surface area (Å²) in [6.45, 7) is 2.13. The van der Waals surface area contributed by atoms with Crippen molar-refractivity contribution in [2.75, 3.05) is 10.2 Å². The molecular formula is C18H17IN2O. The molecule has 0 bridgehead atoms. The molecule has 0 atom stereocenters. The van der Waals surface area contributed by atoms with E-state index in [2.05, 4.69) is 46.9 Å². The molecule has 1 heterocycles. The lowest BCUT2D eigenvalue weighted by molar-refractivity contribution is 1.14. The molecule has 0 spiro atoms. The molecule has 0 saturated carbocycles. The monoisotopic (exact) mass is 404 g/mol. The summed E-state index contributed by atoms with van der Waals surface area (Å²) < 4.78 is 1.97. The Labute approximate surface area is 143 Å². The van der Waals surface area contributed by atoms with E-state index in [1.54, 1.807) is 0 Å². The number of H-pyrrole nitrogens is 1. The zero-order valence-corrected chi connectivity index (χ0v) is 14.7. The Hall–Kier alpha value is -1.82. The van der Waals surface area contributed by atoms with Crippen molar-refractivity contribution < 1.29 is 0 Å². The fourth-order valence-electron chi connectivity index (χ4n) is 2.55. The number of nitrogens with zero attached hydrogens (tertiary/aromatic N) is 1. The van der Waals surface area contributed by atoms with Crippen LogP contribution in [0.4, 0.5) is 5.69 Å². The van der Waals surface area contributed by atoms with E-state index in [9.17, 15) is 4.79 Å². The second kappa shape index (κ2) is 6.12. The smallest absolute Gasteiger partial charge is 0.256 e. The molecule has 0 saturated heterocycles. The average molecular weight is 404 g/mol. The first-order valence-corrected chi connectivity index (χ1v) is 8.21. The van der Waals surface area contributed by atoms with Gasteiger partial charge in [-0.05, 0) is 47.2 Å². The molecule has 3 aromatic rings.